The molecule has 5 heteroatoms. The zero-order valence-electron chi connectivity index (χ0n) is 15.3. The van der Waals surface area contributed by atoms with Gasteiger partial charge in [-0.05, 0) is 38.2 Å². The lowest BCUT2D eigenvalue weighted by atomic mass is 9.95. The second kappa shape index (κ2) is 7.08. The van der Waals surface area contributed by atoms with Crippen LogP contribution in [0.5, 0.6) is 0 Å². The van der Waals surface area contributed by atoms with Crippen LogP contribution < -0.4 is 4.90 Å². The summed E-state index contributed by atoms with van der Waals surface area (Å²) in [4.78, 5) is 26.4. The Balaban J connectivity index is 1.70. The maximum Gasteiger partial charge on any atom is 0.227 e. The lowest BCUT2D eigenvalue weighted by Gasteiger charge is -2.37. The van der Waals surface area contributed by atoms with Gasteiger partial charge in [-0.1, -0.05) is 20.8 Å². The number of hydrogen-bond acceptors (Lipinski definition) is 4. The number of hydrogen-bond donors (Lipinski definition) is 0. The molecule has 1 amide bonds. The summed E-state index contributed by atoms with van der Waals surface area (Å²) in [5.41, 5.74) is -0.0607. The maximum absolute atomic E-state index is 12.8. The predicted molar refractivity (Wildman–Crippen MR) is 96.1 cm³/mol. The van der Waals surface area contributed by atoms with Gasteiger partial charge in [-0.25, -0.2) is 9.97 Å². The average molecular weight is 330 g/mol. The molecular formula is C19H30N4O. The highest BCUT2D eigenvalue weighted by Gasteiger charge is 2.30. The summed E-state index contributed by atoms with van der Waals surface area (Å²) in [5.74, 6) is 2.30. The molecule has 0 bridgehead atoms. The normalized spacial score (nSPS) is 22.5. The molecule has 1 atom stereocenters. The van der Waals surface area contributed by atoms with Gasteiger partial charge in [-0.15, -0.1) is 0 Å². The Hall–Kier alpha value is -1.65. The fourth-order valence-corrected chi connectivity index (χ4v) is 3.65. The van der Waals surface area contributed by atoms with E-state index in [-0.39, 0.29) is 11.3 Å². The zero-order valence-corrected chi connectivity index (χ0v) is 15.3. The topological polar surface area (TPSA) is 49.3 Å². The van der Waals surface area contributed by atoms with Crippen LogP contribution in [0, 0.1) is 5.92 Å². The van der Waals surface area contributed by atoms with Gasteiger partial charge < -0.3 is 9.80 Å². The first-order chi connectivity index (χ1) is 11.4. The largest absolute Gasteiger partial charge is 0.356 e. The molecule has 0 spiro atoms. The van der Waals surface area contributed by atoms with Crippen molar-refractivity contribution in [2.75, 3.05) is 31.1 Å². The van der Waals surface area contributed by atoms with E-state index in [1.54, 1.807) is 0 Å². The smallest absolute Gasteiger partial charge is 0.227 e. The molecule has 0 radical (unpaired) electrons. The first-order valence-corrected chi connectivity index (χ1v) is 9.32. The monoisotopic (exact) mass is 330 g/mol. The van der Waals surface area contributed by atoms with Crippen LogP contribution >= 0.6 is 0 Å². The van der Waals surface area contributed by atoms with Crippen molar-refractivity contribution in [2.45, 2.75) is 58.3 Å². The summed E-state index contributed by atoms with van der Waals surface area (Å²) < 4.78 is 0. The SMILES string of the molecule is CC(C)(C)c1nccc(N2CCCC(C(=O)N3CCCCC3)C2)n1. The lowest BCUT2D eigenvalue weighted by molar-refractivity contribution is -0.136. The minimum Gasteiger partial charge on any atom is -0.356 e. The summed E-state index contributed by atoms with van der Waals surface area (Å²) in [7, 11) is 0. The van der Waals surface area contributed by atoms with E-state index in [0.29, 0.717) is 5.91 Å². The van der Waals surface area contributed by atoms with E-state index in [4.69, 9.17) is 4.98 Å². The molecule has 0 aliphatic carbocycles. The molecule has 3 heterocycles. The molecule has 2 aliphatic rings. The molecule has 5 nitrogen and oxygen atoms in total. The Morgan fingerprint density at radius 2 is 1.88 bits per heavy atom. The quantitative estimate of drug-likeness (QED) is 0.836. The first kappa shape index (κ1) is 17.2. The molecule has 2 saturated heterocycles. The second-order valence-electron chi connectivity index (χ2n) is 8.16. The zero-order chi connectivity index (χ0) is 17.2. The number of amides is 1. The second-order valence-corrected chi connectivity index (χ2v) is 8.16. The molecule has 2 aliphatic heterocycles. The third-order valence-corrected chi connectivity index (χ3v) is 5.07. The van der Waals surface area contributed by atoms with Crippen LogP contribution in [-0.2, 0) is 10.2 Å². The maximum atomic E-state index is 12.8. The molecule has 1 aromatic heterocycles. The molecule has 0 saturated carbocycles. The first-order valence-electron chi connectivity index (χ1n) is 9.32. The molecular weight excluding hydrogens is 300 g/mol. The van der Waals surface area contributed by atoms with Crippen LogP contribution in [0.4, 0.5) is 5.82 Å². The van der Waals surface area contributed by atoms with Crippen molar-refractivity contribution in [1.29, 1.82) is 0 Å². The molecule has 132 valence electrons. The van der Waals surface area contributed by atoms with Crippen molar-refractivity contribution in [3.05, 3.63) is 18.1 Å². The number of carbonyl (C=O) groups is 1. The van der Waals surface area contributed by atoms with Gasteiger partial charge in [0.1, 0.15) is 11.6 Å². The van der Waals surface area contributed by atoms with Crippen LogP contribution in [0.25, 0.3) is 0 Å². The van der Waals surface area contributed by atoms with Gasteiger partial charge in [0.2, 0.25) is 5.91 Å². The summed E-state index contributed by atoms with van der Waals surface area (Å²) in [6, 6.07) is 1.98. The van der Waals surface area contributed by atoms with E-state index in [2.05, 4.69) is 35.6 Å². The van der Waals surface area contributed by atoms with Gasteiger partial charge in [0.15, 0.2) is 0 Å². The van der Waals surface area contributed by atoms with E-state index >= 15 is 0 Å². The van der Waals surface area contributed by atoms with E-state index in [9.17, 15) is 4.79 Å². The van der Waals surface area contributed by atoms with Crippen LogP contribution in [0.1, 0.15) is 58.7 Å². The standard InChI is InChI=1S/C19H30N4O/c1-19(2,3)18-20-10-9-16(21-18)23-13-7-8-15(14-23)17(24)22-11-5-4-6-12-22/h9-10,15H,4-8,11-14H2,1-3H3. The predicted octanol–water partition coefficient (Wildman–Crippen LogP) is 3.00. The minimum absolute atomic E-state index is 0.0607. The van der Waals surface area contributed by atoms with Crippen LogP contribution in [0.15, 0.2) is 12.3 Å². The Morgan fingerprint density at radius 1 is 1.12 bits per heavy atom. The van der Waals surface area contributed by atoms with Crippen LogP contribution in [0.3, 0.4) is 0 Å². The highest BCUT2D eigenvalue weighted by molar-refractivity contribution is 5.79. The average Bonchev–Trinajstić information content (AvgIpc) is 2.61. The van der Waals surface area contributed by atoms with Crippen molar-refractivity contribution in [2.24, 2.45) is 5.92 Å². The van der Waals surface area contributed by atoms with Crippen LogP contribution in [0.2, 0.25) is 0 Å². The number of anilines is 1. The Labute approximate surface area is 145 Å². The summed E-state index contributed by atoms with van der Waals surface area (Å²) in [6.45, 7) is 10.0. The summed E-state index contributed by atoms with van der Waals surface area (Å²) >= 11 is 0. The van der Waals surface area contributed by atoms with Crippen molar-refractivity contribution in [1.82, 2.24) is 14.9 Å². The molecule has 0 aromatic carbocycles. The van der Waals surface area contributed by atoms with E-state index in [0.717, 1.165) is 63.5 Å². The van der Waals surface area contributed by atoms with Crippen molar-refractivity contribution >= 4 is 11.7 Å². The van der Waals surface area contributed by atoms with Gasteiger partial charge in [-0.2, -0.15) is 0 Å². The van der Waals surface area contributed by atoms with Crippen molar-refractivity contribution < 1.29 is 4.79 Å². The number of nitrogens with zero attached hydrogens (tertiary/aromatic N) is 4. The number of aromatic nitrogens is 2. The van der Waals surface area contributed by atoms with E-state index < -0.39 is 0 Å². The Bertz CT molecular complexity index is 575. The van der Waals surface area contributed by atoms with E-state index in [1.165, 1.54) is 6.42 Å². The molecule has 2 fully saturated rings. The minimum atomic E-state index is -0.0607. The van der Waals surface area contributed by atoms with Gasteiger partial charge in [-0.3, -0.25) is 4.79 Å². The highest BCUT2D eigenvalue weighted by Crippen LogP contribution is 2.26. The molecule has 1 aromatic rings. The molecule has 24 heavy (non-hydrogen) atoms. The summed E-state index contributed by atoms with van der Waals surface area (Å²) in [6.07, 6.45) is 7.48. The Kier molecular flexibility index (Phi) is 5.07. The van der Waals surface area contributed by atoms with Gasteiger partial charge in [0, 0.05) is 37.8 Å². The molecule has 1 unspecified atom stereocenters. The fourth-order valence-electron chi connectivity index (χ4n) is 3.65. The lowest BCUT2D eigenvalue weighted by Crippen LogP contribution is -2.46. The van der Waals surface area contributed by atoms with Crippen molar-refractivity contribution in [3.63, 3.8) is 0 Å². The third-order valence-electron chi connectivity index (χ3n) is 5.07. The highest BCUT2D eigenvalue weighted by atomic mass is 16.2. The third kappa shape index (κ3) is 3.87. The molecule has 0 N–H and O–H groups in total. The number of piperidine rings is 2. The van der Waals surface area contributed by atoms with Crippen LogP contribution in [-0.4, -0.2) is 47.0 Å². The fraction of sp³-hybridized carbons (Fsp3) is 0.737. The number of carbonyl (C=O) groups excluding carboxylic acids is 1. The number of rotatable bonds is 2. The van der Waals surface area contributed by atoms with Crippen molar-refractivity contribution in [3.8, 4) is 0 Å². The van der Waals surface area contributed by atoms with E-state index in [1.807, 2.05) is 12.3 Å². The van der Waals surface area contributed by atoms with Gasteiger partial charge in [0.05, 0.1) is 5.92 Å². The summed E-state index contributed by atoms with van der Waals surface area (Å²) in [5, 5.41) is 0. The number of likely N-dealkylation sites (tertiary alicyclic amines) is 1. The van der Waals surface area contributed by atoms with Gasteiger partial charge in [0.25, 0.3) is 0 Å². The van der Waals surface area contributed by atoms with Gasteiger partial charge >= 0.3 is 0 Å². The molecule has 3 rings (SSSR count). The Morgan fingerprint density at radius 3 is 2.58 bits per heavy atom.